The summed E-state index contributed by atoms with van der Waals surface area (Å²) in [5.41, 5.74) is 2.43. The molecule has 1 aliphatic heterocycles. The number of sulfonamides is 1. The van der Waals surface area contributed by atoms with Crippen LogP contribution < -0.4 is 4.90 Å². The zero-order valence-electron chi connectivity index (χ0n) is 18.0. The van der Waals surface area contributed by atoms with Crippen LogP contribution in [0.1, 0.15) is 56.6 Å². The number of carbonyl (C=O) groups is 1. The number of amides is 1. The third-order valence-corrected chi connectivity index (χ3v) is 7.77. The van der Waals surface area contributed by atoms with E-state index in [0.717, 1.165) is 55.3 Å². The van der Waals surface area contributed by atoms with Gasteiger partial charge in [0.25, 0.3) is 0 Å². The summed E-state index contributed by atoms with van der Waals surface area (Å²) < 4.78 is 28.7. The molecule has 1 heterocycles. The van der Waals surface area contributed by atoms with Crippen LogP contribution in [-0.4, -0.2) is 31.7 Å². The minimum Gasteiger partial charge on any atom is -0.312 e. The fourth-order valence-corrected chi connectivity index (χ4v) is 5.76. The average Bonchev–Trinajstić information content (AvgIpc) is 2.73. The quantitative estimate of drug-likeness (QED) is 0.684. The lowest BCUT2D eigenvalue weighted by Gasteiger charge is -2.27. The average molecular weight is 429 g/mol. The van der Waals surface area contributed by atoms with E-state index in [-0.39, 0.29) is 12.5 Å². The van der Waals surface area contributed by atoms with E-state index in [1.54, 1.807) is 28.3 Å². The van der Waals surface area contributed by atoms with Crippen molar-refractivity contribution in [2.45, 2.75) is 63.8 Å². The Labute approximate surface area is 180 Å². The van der Waals surface area contributed by atoms with Crippen molar-refractivity contribution >= 4 is 21.6 Å². The number of anilines is 1. The van der Waals surface area contributed by atoms with Gasteiger partial charge >= 0.3 is 0 Å². The van der Waals surface area contributed by atoms with Gasteiger partial charge in [-0.2, -0.15) is 4.31 Å². The topological polar surface area (TPSA) is 57.7 Å². The molecule has 0 atom stereocenters. The fourth-order valence-electron chi connectivity index (χ4n) is 4.08. The highest BCUT2D eigenvalue weighted by atomic mass is 32.2. The van der Waals surface area contributed by atoms with Crippen molar-refractivity contribution in [3.8, 4) is 0 Å². The lowest BCUT2D eigenvalue weighted by Crippen LogP contribution is -2.34. The van der Waals surface area contributed by atoms with Crippen molar-refractivity contribution in [3.63, 3.8) is 0 Å². The summed E-state index contributed by atoms with van der Waals surface area (Å²) in [7, 11) is -3.64. The summed E-state index contributed by atoms with van der Waals surface area (Å²) in [6, 6.07) is 14.8. The number of benzene rings is 2. The molecule has 2 aromatic rings. The molecule has 0 N–H and O–H groups in total. The Morgan fingerprint density at radius 3 is 2.13 bits per heavy atom. The maximum absolute atomic E-state index is 13.6. The van der Waals surface area contributed by atoms with Gasteiger partial charge in [-0.25, -0.2) is 8.42 Å². The predicted octanol–water partition coefficient (Wildman–Crippen LogP) is 4.89. The second-order valence-corrected chi connectivity index (χ2v) is 9.93. The molecule has 0 saturated carbocycles. The lowest BCUT2D eigenvalue weighted by molar-refractivity contribution is -0.116. The molecule has 0 spiro atoms. The second kappa shape index (κ2) is 10.2. The first-order valence-corrected chi connectivity index (χ1v) is 12.3. The molecular formula is C24H32N2O3S. The first kappa shape index (κ1) is 22.5. The largest absolute Gasteiger partial charge is 0.312 e. The Morgan fingerprint density at radius 1 is 0.833 bits per heavy atom. The van der Waals surface area contributed by atoms with E-state index >= 15 is 0 Å². The fraction of sp³-hybridized carbons (Fsp3) is 0.458. The van der Waals surface area contributed by atoms with Gasteiger partial charge in [0.2, 0.25) is 15.9 Å². The molecule has 1 amide bonds. The van der Waals surface area contributed by atoms with Crippen molar-refractivity contribution in [2.24, 2.45) is 0 Å². The molecular weight excluding hydrogens is 396 g/mol. The SMILES string of the molecule is CC(=O)N1CCCCCCCCN(S(=O)(=O)c2ccccc2C)Cc2ccccc21. The number of carbonyl (C=O) groups excluding carboxylic acids is 1. The summed E-state index contributed by atoms with van der Waals surface area (Å²) >= 11 is 0. The number of nitrogens with zero attached hydrogens (tertiary/aromatic N) is 2. The van der Waals surface area contributed by atoms with Crippen LogP contribution in [0.4, 0.5) is 5.69 Å². The Bertz CT molecular complexity index is 972. The molecule has 6 heteroatoms. The molecule has 0 unspecified atom stereocenters. The van der Waals surface area contributed by atoms with E-state index in [2.05, 4.69) is 0 Å². The molecule has 1 aliphatic rings. The predicted molar refractivity (Wildman–Crippen MR) is 121 cm³/mol. The normalized spacial score (nSPS) is 17.3. The number of aryl methyl sites for hydroxylation is 1. The van der Waals surface area contributed by atoms with Crippen molar-refractivity contribution < 1.29 is 13.2 Å². The Morgan fingerprint density at radius 2 is 1.43 bits per heavy atom. The molecule has 3 rings (SSSR count). The summed E-state index contributed by atoms with van der Waals surface area (Å²) in [4.78, 5) is 14.5. The zero-order valence-corrected chi connectivity index (χ0v) is 18.8. The summed E-state index contributed by atoms with van der Waals surface area (Å²) in [5, 5.41) is 0. The number of hydrogen-bond acceptors (Lipinski definition) is 3. The van der Waals surface area contributed by atoms with Gasteiger partial charge in [-0.3, -0.25) is 4.79 Å². The van der Waals surface area contributed by atoms with Crippen LogP contribution >= 0.6 is 0 Å². The highest BCUT2D eigenvalue weighted by Gasteiger charge is 2.27. The van der Waals surface area contributed by atoms with Crippen LogP contribution in [0.2, 0.25) is 0 Å². The first-order valence-electron chi connectivity index (χ1n) is 10.8. The van der Waals surface area contributed by atoms with Crippen molar-refractivity contribution in [3.05, 3.63) is 59.7 Å². The number of para-hydroxylation sites is 1. The highest BCUT2D eigenvalue weighted by molar-refractivity contribution is 7.89. The van der Waals surface area contributed by atoms with E-state index in [1.165, 1.54) is 0 Å². The number of hydrogen-bond donors (Lipinski definition) is 0. The Kier molecular flexibility index (Phi) is 7.67. The standard InChI is InChI=1S/C24H32N2O3S/c1-20-13-7-10-16-24(20)30(28,29)25-17-11-5-3-4-6-12-18-26(21(2)27)23-15-9-8-14-22(23)19-25/h7-10,13-16H,3-6,11-12,17-19H2,1-2H3. The molecule has 0 aromatic heterocycles. The van der Waals surface area contributed by atoms with E-state index < -0.39 is 10.0 Å². The van der Waals surface area contributed by atoms with E-state index in [0.29, 0.717) is 18.0 Å². The van der Waals surface area contributed by atoms with E-state index in [4.69, 9.17) is 0 Å². The van der Waals surface area contributed by atoms with Gasteiger partial charge in [0.1, 0.15) is 0 Å². The van der Waals surface area contributed by atoms with Crippen LogP contribution in [0, 0.1) is 6.92 Å². The van der Waals surface area contributed by atoms with Crippen molar-refractivity contribution in [1.29, 1.82) is 0 Å². The smallest absolute Gasteiger partial charge is 0.243 e. The zero-order chi connectivity index (χ0) is 21.6. The Hall–Kier alpha value is -2.18. The minimum atomic E-state index is -3.64. The van der Waals surface area contributed by atoms with Crippen LogP contribution in [0.15, 0.2) is 53.4 Å². The van der Waals surface area contributed by atoms with Crippen molar-refractivity contribution in [2.75, 3.05) is 18.0 Å². The third kappa shape index (κ3) is 5.29. The minimum absolute atomic E-state index is 0.00867. The van der Waals surface area contributed by atoms with Gasteiger partial charge < -0.3 is 4.90 Å². The molecule has 0 fully saturated rings. The van der Waals surface area contributed by atoms with Gasteiger partial charge in [-0.1, -0.05) is 62.1 Å². The van der Waals surface area contributed by atoms with Crippen molar-refractivity contribution in [1.82, 2.24) is 4.31 Å². The van der Waals surface area contributed by atoms with Crippen LogP contribution in [0.25, 0.3) is 0 Å². The van der Waals surface area contributed by atoms with E-state index in [9.17, 15) is 13.2 Å². The highest BCUT2D eigenvalue weighted by Crippen LogP contribution is 2.28. The maximum Gasteiger partial charge on any atom is 0.243 e. The molecule has 0 radical (unpaired) electrons. The lowest BCUT2D eigenvalue weighted by atomic mass is 10.1. The van der Waals surface area contributed by atoms with Gasteiger partial charge in [0, 0.05) is 32.2 Å². The molecule has 0 aliphatic carbocycles. The third-order valence-electron chi connectivity index (χ3n) is 5.76. The molecule has 0 saturated heterocycles. The first-order chi connectivity index (χ1) is 14.4. The molecule has 30 heavy (non-hydrogen) atoms. The van der Waals surface area contributed by atoms with Crippen LogP contribution in [0.3, 0.4) is 0 Å². The molecule has 162 valence electrons. The monoisotopic (exact) mass is 428 g/mol. The molecule has 2 aromatic carbocycles. The summed E-state index contributed by atoms with van der Waals surface area (Å²) in [5.74, 6) is -0.00867. The number of fused-ring (bicyclic) bond motifs is 1. The Balaban J connectivity index is 2.02. The summed E-state index contributed by atoms with van der Waals surface area (Å²) in [6.45, 7) is 4.81. The van der Waals surface area contributed by atoms with Crippen LogP contribution in [-0.2, 0) is 21.4 Å². The number of rotatable bonds is 2. The van der Waals surface area contributed by atoms with Gasteiger partial charge in [-0.15, -0.1) is 0 Å². The van der Waals surface area contributed by atoms with Crippen LogP contribution in [0.5, 0.6) is 0 Å². The summed E-state index contributed by atoms with van der Waals surface area (Å²) in [6.07, 6.45) is 6.08. The van der Waals surface area contributed by atoms with Gasteiger partial charge in [-0.05, 0) is 43.0 Å². The van der Waals surface area contributed by atoms with E-state index in [1.807, 2.05) is 43.3 Å². The molecule has 0 bridgehead atoms. The van der Waals surface area contributed by atoms with Gasteiger partial charge in [0.15, 0.2) is 0 Å². The maximum atomic E-state index is 13.6. The molecule has 5 nitrogen and oxygen atoms in total. The second-order valence-electron chi connectivity index (χ2n) is 8.02. The van der Waals surface area contributed by atoms with Gasteiger partial charge in [0.05, 0.1) is 4.90 Å².